The molecule has 0 spiro atoms. The molecular weight excluding hydrogens is 251 g/mol. The lowest BCUT2D eigenvalue weighted by Crippen LogP contribution is -1.93. The summed E-state index contributed by atoms with van der Waals surface area (Å²) in [6, 6.07) is 4.25. The number of nitro benzene ring substituents is 1. The summed E-state index contributed by atoms with van der Waals surface area (Å²) in [7, 11) is 4.36. The number of nitrogens with one attached hydrogen (secondary N) is 1. The molecule has 0 aromatic heterocycles. The van der Waals surface area contributed by atoms with Crippen molar-refractivity contribution < 1.29 is 4.92 Å². The van der Waals surface area contributed by atoms with Gasteiger partial charge in [-0.3, -0.25) is 10.1 Å². The fourth-order valence-electron chi connectivity index (χ4n) is 0.981. The minimum Gasteiger partial charge on any atom is -0.354 e. The fourth-order valence-corrected chi connectivity index (χ4v) is 2.27. The van der Waals surface area contributed by atoms with Crippen molar-refractivity contribution in [1.29, 1.82) is 0 Å². The molecule has 1 rings (SSSR count). The Labute approximate surface area is 92.6 Å². The van der Waals surface area contributed by atoms with Crippen LogP contribution in [0.15, 0.2) is 18.2 Å². The van der Waals surface area contributed by atoms with Crippen LogP contribution in [0.25, 0.3) is 4.85 Å². The lowest BCUT2D eigenvalue weighted by molar-refractivity contribution is -0.383. The molecule has 0 saturated carbocycles. The van der Waals surface area contributed by atoms with Gasteiger partial charge in [-0.2, -0.15) is 0 Å². The van der Waals surface area contributed by atoms with Gasteiger partial charge in [-0.25, -0.2) is 4.85 Å². The first-order valence-electron chi connectivity index (χ1n) is 3.76. The van der Waals surface area contributed by atoms with E-state index in [-0.39, 0.29) is 5.69 Å². The summed E-state index contributed by atoms with van der Waals surface area (Å²) in [6.07, 6.45) is 0. The predicted octanol–water partition coefficient (Wildman–Crippen LogP) is 3.53. The Kier molecular flexibility index (Phi) is 4.36. The summed E-state index contributed by atoms with van der Waals surface area (Å²) in [5, 5.41) is 13.6. The van der Waals surface area contributed by atoms with E-state index >= 15 is 0 Å². The number of anilines is 1. The quantitative estimate of drug-likeness (QED) is 0.391. The Balaban J connectivity index is 3.17. The summed E-state index contributed by atoms with van der Waals surface area (Å²) in [5.74, 6) is 0. The average molecular weight is 259 g/mol. The highest BCUT2D eigenvalue weighted by Crippen LogP contribution is 2.53. The highest BCUT2D eigenvalue weighted by molar-refractivity contribution is 8.43. The van der Waals surface area contributed by atoms with Crippen molar-refractivity contribution in [2.24, 2.45) is 0 Å². The number of nitrogens with zero attached hydrogens (tertiary/aromatic N) is 2. The number of hydrogen-bond acceptors (Lipinski definition) is 3. The van der Waals surface area contributed by atoms with Gasteiger partial charge in [0.05, 0.1) is 11.5 Å². The van der Waals surface area contributed by atoms with Crippen LogP contribution in [0.3, 0.4) is 0 Å². The van der Waals surface area contributed by atoms with Gasteiger partial charge in [-0.15, -0.1) is 0 Å². The molecule has 5 nitrogen and oxygen atoms in total. The van der Waals surface area contributed by atoms with Crippen LogP contribution in [0.2, 0.25) is 0 Å². The van der Waals surface area contributed by atoms with Gasteiger partial charge >= 0.3 is 0 Å². The number of nitro groups is 1. The molecule has 8 heteroatoms. The maximum atomic E-state index is 10.7. The highest BCUT2D eigenvalue weighted by Gasteiger charge is 2.14. The van der Waals surface area contributed by atoms with Crippen molar-refractivity contribution in [3.63, 3.8) is 0 Å². The third kappa shape index (κ3) is 3.36. The summed E-state index contributed by atoms with van der Waals surface area (Å²) in [6.45, 7) is 6.82. The van der Waals surface area contributed by atoms with E-state index in [4.69, 9.17) is 6.57 Å². The second kappa shape index (κ2) is 5.33. The number of hydrogen-bond donors (Lipinski definition) is 1. The van der Waals surface area contributed by atoms with E-state index in [2.05, 4.69) is 27.8 Å². The number of rotatable bonds is 3. The molecule has 0 aliphatic rings. The van der Waals surface area contributed by atoms with Crippen LogP contribution >= 0.6 is 25.3 Å². The van der Waals surface area contributed by atoms with E-state index in [9.17, 15) is 10.1 Å². The molecule has 0 saturated heterocycles. The molecule has 0 radical (unpaired) electrons. The summed E-state index contributed by atoms with van der Waals surface area (Å²) in [4.78, 5) is 13.4. The van der Waals surface area contributed by atoms with Crippen LogP contribution in [0.4, 0.5) is 17.1 Å². The molecule has 0 heterocycles. The third-order valence-electron chi connectivity index (χ3n) is 1.56. The van der Waals surface area contributed by atoms with Crippen LogP contribution in [0.1, 0.15) is 0 Å². The molecule has 0 amide bonds. The van der Waals surface area contributed by atoms with Crippen LogP contribution in [0.5, 0.6) is 0 Å². The van der Waals surface area contributed by atoms with Crippen molar-refractivity contribution >= 4 is 42.4 Å². The topological polar surface area (TPSA) is 59.5 Å². The first-order valence-corrected chi connectivity index (χ1v) is 8.34. The van der Waals surface area contributed by atoms with Gasteiger partial charge in [0, 0.05) is 13.5 Å². The van der Waals surface area contributed by atoms with Crippen LogP contribution in [0, 0.1) is 16.7 Å². The third-order valence-corrected chi connectivity index (χ3v) is 2.83. The average Bonchev–Trinajstić information content (AvgIpc) is 2.16. The number of benzene rings is 1. The molecular formula is C7H8N3O2P3. The zero-order valence-electron chi connectivity index (χ0n) is 7.54. The van der Waals surface area contributed by atoms with Gasteiger partial charge in [-0.05, 0) is 12.1 Å². The van der Waals surface area contributed by atoms with Gasteiger partial charge in [0.2, 0.25) is 0 Å². The van der Waals surface area contributed by atoms with Crippen LogP contribution in [-0.4, -0.2) is 4.92 Å². The van der Waals surface area contributed by atoms with E-state index in [1.165, 1.54) is 18.2 Å². The molecule has 2 unspecified atom stereocenters. The second-order valence-corrected chi connectivity index (χ2v) is 8.75. The SMILES string of the molecule is [C-]#[N+]c1ccc([N+](=O)[O-])c(NP(P)P)c1. The highest BCUT2D eigenvalue weighted by atomic mass is 32.4. The first kappa shape index (κ1) is 12.3. The Hall–Kier alpha value is -0.800. The van der Waals surface area contributed by atoms with Gasteiger partial charge in [0.25, 0.3) is 5.69 Å². The molecule has 0 fully saturated rings. The van der Waals surface area contributed by atoms with E-state index < -0.39 is 12.4 Å². The molecule has 0 aliphatic carbocycles. The molecule has 1 N–H and O–H groups in total. The van der Waals surface area contributed by atoms with Gasteiger partial charge in [0.1, 0.15) is 5.69 Å². The largest absolute Gasteiger partial charge is 0.354 e. The van der Waals surface area contributed by atoms with Crippen LogP contribution < -0.4 is 5.09 Å². The van der Waals surface area contributed by atoms with Gasteiger partial charge in [0.15, 0.2) is 5.69 Å². The first-order chi connectivity index (χ1) is 7.04. The normalized spacial score (nSPS) is 9.73. The van der Waals surface area contributed by atoms with Crippen molar-refractivity contribution in [3.05, 3.63) is 39.7 Å². The molecule has 78 valence electrons. The standard InChI is InChI=1S/C7H8N3O2P3/c1-8-5-2-3-7(10(11)12)6(4-5)9-15(13)14/h2-4,9H,13-14H2. The van der Waals surface area contributed by atoms with Crippen molar-refractivity contribution in [1.82, 2.24) is 0 Å². The zero-order chi connectivity index (χ0) is 11.4. The molecule has 15 heavy (non-hydrogen) atoms. The minimum absolute atomic E-state index is 0.0141. The van der Waals surface area contributed by atoms with E-state index in [1.807, 2.05) is 0 Å². The maximum Gasteiger partial charge on any atom is 0.290 e. The Morgan fingerprint density at radius 1 is 1.53 bits per heavy atom. The second-order valence-electron chi connectivity index (χ2n) is 2.59. The Morgan fingerprint density at radius 3 is 2.67 bits per heavy atom. The summed E-state index contributed by atoms with van der Waals surface area (Å²) in [5.41, 5.74) is 0.749. The maximum absolute atomic E-state index is 10.7. The van der Waals surface area contributed by atoms with E-state index in [0.717, 1.165) is 0 Å². The Morgan fingerprint density at radius 2 is 2.20 bits per heavy atom. The van der Waals surface area contributed by atoms with Crippen molar-refractivity contribution in [3.8, 4) is 0 Å². The van der Waals surface area contributed by atoms with Gasteiger partial charge < -0.3 is 5.09 Å². The summed E-state index contributed by atoms with van der Waals surface area (Å²) >= 11 is 0. The predicted molar refractivity (Wildman–Crippen MR) is 69.3 cm³/mol. The molecule has 1 aromatic carbocycles. The molecule has 0 bridgehead atoms. The monoisotopic (exact) mass is 259 g/mol. The van der Waals surface area contributed by atoms with Gasteiger partial charge in [-0.1, -0.05) is 17.9 Å². The zero-order valence-corrected chi connectivity index (χ0v) is 10.7. The molecule has 2 atom stereocenters. The molecule has 1 aromatic rings. The molecule has 0 aliphatic heterocycles. The Bertz CT molecular complexity index is 430. The van der Waals surface area contributed by atoms with Crippen LogP contribution in [-0.2, 0) is 0 Å². The van der Waals surface area contributed by atoms with E-state index in [1.54, 1.807) is 0 Å². The fraction of sp³-hybridized carbons (Fsp3) is 0. The smallest absolute Gasteiger partial charge is 0.290 e. The minimum atomic E-state index is -0.659. The van der Waals surface area contributed by atoms with Crippen molar-refractivity contribution in [2.75, 3.05) is 5.09 Å². The van der Waals surface area contributed by atoms with E-state index in [0.29, 0.717) is 11.4 Å². The lowest BCUT2D eigenvalue weighted by Gasteiger charge is -2.09. The summed E-state index contributed by atoms with van der Waals surface area (Å²) < 4.78 is 0. The lowest BCUT2D eigenvalue weighted by atomic mass is 10.2. The van der Waals surface area contributed by atoms with Crippen molar-refractivity contribution in [2.45, 2.75) is 0 Å².